The first-order valence-electron chi connectivity index (χ1n) is 8.76. The van der Waals surface area contributed by atoms with Crippen molar-refractivity contribution in [3.8, 4) is 0 Å². The fraction of sp³-hybridized carbons (Fsp3) is 0.294. The Morgan fingerprint density at radius 2 is 1.40 bits per heavy atom. The second-order valence-corrected chi connectivity index (χ2v) is 6.62. The normalized spacial score (nSPS) is 13.8. The van der Waals surface area contributed by atoms with E-state index >= 15 is 0 Å². The van der Waals surface area contributed by atoms with Gasteiger partial charge in [-0.1, -0.05) is 0 Å². The van der Waals surface area contributed by atoms with Gasteiger partial charge in [-0.15, -0.1) is 0 Å². The number of rotatable bonds is 5. The molecule has 30 heavy (non-hydrogen) atoms. The molecule has 1 fully saturated rings. The highest BCUT2D eigenvalue weighted by Gasteiger charge is 2.27. The van der Waals surface area contributed by atoms with Crippen LogP contribution < -0.4 is 4.90 Å². The van der Waals surface area contributed by atoms with E-state index < -0.39 is 32.1 Å². The fourth-order valence-corrected chi connectivity index (χ4v) is 3.22. The predicted octanol–water partition coefficient (Wildman–Crippen LogP) is 2.08. The number of nitro benzene ring substituents is 2. The van der Waals surface area contributed by atoms with Gasteiger partial charge in [0, 0.05) is 44.4 Å². The molecule has 1 aliphatic heterocycles. The van der Waals surface area contributed by atoms with Crippen molar-refractivity contribution in [2.75, 3.05) is 31.1 Å². The zero-order valence-electron chi connectivity index (χ0n) is 15.8. The van der Waals surface area contributed by atoms with Crippen LogP contribution in [0.25, 0.3) is 0 Å². The Morgan fingerprint density at radius 1 is 0.867 bits per heavy atom. The lowest BCUT2D eigenvalue weighted by Crippen LogP contribution is -2.49. The molecule has 0 spiro atoms. The lowest BCUT2D eigenvalue weighted by atomic mass is 10.1. The molecule has 0 radical (unpaired) electrons. The first kappa shape index (κ1) is 20.6. The number of aromatic nitrogens is 1. The smallest absolute Gasteiger partial charge is 0.287 e. The van der Waals surface area contributed by atoms with Gasteiger partial charge in [-0.25, -0.2) is 4.98 Å². The molecule has 1 aromatic heterocycles. The molecule has 2 aromatic rings. The van der Waals surface area contributed by atoms with Crippen LogP contribution in [0.1, 0.15) is 15.9 Å². The second-order valence-electron chi connectivity index (χ2n) is 6.62. The molecule has 13 nitrogen and oxygen atoms in total. The monoisotopic (exact) mass is 416 g/mol. The second kappa shape index (κ2) is 8.06. The number of benzene rings is 1. The molecule has 0 saturated carbocycles. The van der Waals surface area contributed by atoms with Crippen LogP contribution in [0.2, 0.25) is 0 Å². The minimum absolute atomic E-state index is 0.114. The van der Waals surface area contributed by atoms with Crippen molar-refractivity contribution in [1.82, 2.24) is 9.88 Å². The molecular formula is C17H16N6O7. The van der Waals surface area contributed by atoms with Crippen molar-refractivity contribution in [3.63, 3.8) is 0 Å². The number of nitrogens with zero attached hydrogens (tertiary/aromatic N) is 6. The van der Waals surface area contributed by atoms with Crippen LogP contribution >= 0.6 is 0 Å². The molecule has 0 aliphatic carbocycles. The lowest BCUT2D eigenvalue weighted by molar-refractivity contribution is -0.394. The van der Waals surface area contributed by atoms with Crippen molar-refractivity contribution in [2.45, 2.75) is 6.92 Å². The van der Waals surface area contributed by atoms with Crippen molar-refractivity contribution in [1.29, 1.82) is 0 Å². The molecule has 0 N–H and O–H groups in total. The summed E-state index contributed by atoms with van der Waals surface area (Å²) in [7, 11) is 0. The number of piperazine rings is 1. The third-order valence-corrected chi connectivity index (χ3v) is 4.68. The quantitative estimate of drug-likeness (QED) is 0.523. The van der Waals surface area contributed by atoms with Gasteiger partial charge in [0.25, 0.3) is 23.0 Å². The Bertz CT molecular complexity index is 1020. The van der Waals surface area contributed by atoms with Crippen LogP contribution in [0.15, 0.2) is 30.5 Å². The van der Waals surface area contributed by atoms with Gasteiger partial charge in [-0.2, -0.15) is 0 Å². The van der Waals surface area contributed by atoms with E-state index in [1.165, 1.54) is 17.2 Å². The number of pyridine rings is 1. The highest BCUT2D eigenvalue weighted by molar-refractivity contribution is 5.95. The number of hydrogen-bond donors (Lipinski definition) is 0. The molecule has 1 saturated heterocycles. The highest BCUT2D eigenvalue weighted by Crippen LogP contribution is 2.25. The van der Waals surface area contributed by atoms with Gasteiger partial charge in [0.05, 0.1) is 26.4 Å². The summed E-state index contributed by atoms with van der Waals surface area (Å²) < 4.78 is 0. The number of hydrogen-bond acceptors (Lipinski definition) is 9. The summed E-state index contributed by atoms with van der Waals surface area (Å²) in [6.07, 6.45) is 1.17. The van der Waals surface area contributed by atoms with E-state index in [0.717, 1.165) is 18.2 Å². The maximum atomic E-state index is 12.8. The SMILES string of the molecule is Cc1cc([N+](=O)[O-])cnc1N1CCN(C(=O)c2cc([N+](=O)[O-])cc([N+](=O)[O-])c2)CC1. The molecule has 0 bridgehead atoms. The van der Waals surface area contributed by atoms with Crippen molar-refractivity contribution in [2.24, 2.45) is 0 Å². The van der Waals surface area contributed by atoms with Crippen molar-refractivity contribution < 1.29 is 19.6 Å². The van der Waals surface area contributed by atoms with E-state index in [1.54, 1.807) is 6.92 Å². The Morgan fingerprint density at radius 3 is 1.87 bits per heavy atom. The number of nitro groups is 3. The van der Waals surface area contributed by atoms with Gasteiger partial charge in [0.1, 0.15) is 12.0 Å². The summed E-state index contributed by atoms with van der Waals surface area (Å²) in [6.45, 7) is 2.98. The summed E-state index contributed by atoms with van der Waals surface area (Å²) in [5, 5.41) is 32.9. The molecule has 3 rings (SSSR count). The summed E-state index contributed by atoms with van der Waals surface area (Å²) >= 11 is 0. The van der Waals surface area contributed by atoms with Crippen LogP contribution in [0.4, 0.5) is 22.9 Å². The van der Waals surface area contributed by atoms with Gasteiger partial charge in [-0.05, 0) is 12.5 Å². The Labute approximate surface area is 169 Å². The first-order valence-corrected chi connectivity index (χ1v) is 8.76. The highest BCUT2D eigenvalue weighted by atomic mass is 16.6. The van der Waals surface area contributed by atoms with Crippen LogP contribution in [0, 0.1) is 37.3 Å². The third kappa shape index (κ3) is 4.14. The average Bonchev–Trinajstić information content (AvgIpc) is 2.72. The standard InChI is InChI=1S/C17H16N6O7/c1-11-6-15(23(29)30)10-18-16(11)19-2-4-20(5-3-19)17(24)12-7-13(21(25)26)9-14(8-12)22(27)28/h6-10H,2-5H2,1H3. The lowest BCUT2D eigenvalue weighted by Gasteiger charge is -2.36. The molecule has 1 aromatic carbocycles. The number of amides is 1. The molecule has 0 unspecified atom stereocenters. The van der Waals surface area contributed by atoms with Gasteiger partial charge in [0.2, 0.25) is 0 Å². The summed E-state index contributed by atoms with van der Waals surface area (Å²) in [5.74, 6) is 0.0218. The van der Waals surface area contributed by atoms with E-state index in [0.29, 0.717) is 24.5 Å². The third-order valence-electron chi connectivity index (χ3n) is 4.68. The fourth-order valence-electron chi connectivity index (χ4n) is 3.22. The van der Waals surface area contributed by atoms with E-state index in [2.05, 4.69) is 4.98 Å². The number of aryl methyl sites for hydroxylation is 1. The van der Waals surface area contributed by atoms with E-state index in [9.17, 15) is 35.1 Å². The van der Waals surface area contributed by atoms with Gasteiger partial charge >= 0.3 is 0 Å². The maximum absolute atomic E-state index is 12.8. The molecule has 1 amide bonds. The van der Waals surface area contributed by atoms with Crippen molar-refractivity contribution >= 4 is 28.8 Å². The van der Waals surface area contributed by atoms with Crippen LogP contribution in [-0.2, 0) is 0 Å². The largest absolute Gasteiger partial charge is 0.353 e. The molecular weight excluding hydrogens is 400 g/mol. The molecule has 156 valence electrons. The molecule has 0 atom stereocenters. The Kier molecular flexibility index (Phi) is 5.53. The summed E-state index contributed by atoms with van der Waals surface area (Å²) in [4.78, 5) is 51.0. The number of anilines is 1. The minimum Gasteiger partial charge on any atom is -0.353 e. The predicted molar refractivity (Wildman–Crippen MR) is 103 cm³/mol. The zero-order chi connectivity index (χ0) is 22.0. The topological polar surface area (TPSA) is 166 Å². The first-order chi connectivity index (χ1) is 14.2. The molecule has 2 heterocycles. The van der Waals surface area contributed by atoms with E-state index in [1.807, 2.05) is 4.90 Å². The molecule has 1 aliphatic rings. The maximum Gasteiger partial charge on any atom is 0.287 e. The number of carbonyl (C=O) groups excluding carboxylic acids is 1. The van der Waals surface area contributed by atoms with Crippen molar-refractivity contribution in [3.05, 3.63) is 71.9 Å². The van der Waals surface area contributed by atoms with Crippen LogP contribution in [-0.4, -0.2) is 56.7 Å². The number of non-ortho nitro benzene ring substituents is 2. The number of carbonyl (C=O) groups is 1. The van der Waals surface area contributed by atoms with E-state index in [-0.39, 0.29) is 24.3 Å². The summed E-state index contributed by atoms with van der Waals surface area (Å²) in [6, 6.07) is 4.26. The Balaban J connectivity index is 1.75. The van der Waals surface area contributed by atoms with Gasteiger partial charge in [-0.3, -0.25) is 35.1 Å². The van der Waals surface area contributed by atoms with E-state index in [4.69, 9.17) is 0 Å². The van der Waals surface area contributed by atoms with Gasteiger partial charge in [0.15, 0.2) is 0 Å². The molecule has 13 heteroatoms. The Hall–Kier alpha value is -4.16. The summed E-state index contributed by atoms with van der Waals surface area (Å²) in [5.41, 5.74) is -0.682. The van der Waals surface area contributed by atoms with Crippen LogP contribution in [0.3, 0.4) is 0 Å². The zero-order valence-corrected chi connectivity index (χ0v) is 15.8. The van der Waals surface area contributed by atoms with Crippen LogP contribution in [0.5, 0.6) is 0 Å². The van der Waals surface area contributed by atoms with Gasteiger partial charge < -0.3 is 9.80 Å². The average molecular weight is 416 g/mol. The minimum atomic E-state index is -0.787.